The van der Waals surface area contributed by atoms with Gasteiger partial charge in [0.1, 0.15) is 11.6 Å². The normalized spacial score (nSPS) is 33.2. The lowest BCUT2D eigenvalue weighted by atomic mass is 9.70. The number of aliphatic hydroxyl groups excluding tert-OH is 1. The lowest BCUT2D eigenvalue weighted by Crippen LogP contribution is -2.60. The van der Waals surface area contributed by atoms with Gasteiger partial charge in [0.05, 0.1) is 30.6 Å². The van der Waals surface area contributed by atoms with Crippen LogP contribution in [0, 0.1) is 11.8 Å². The molecule has 1 N–H and O–H groups in total. The minimum absolute atomic E-state index is 0.0827. The van der Waals surface area contributed by atoms with Crippen LogP contribution in [-0.2, 0) is 19.1 Å². The molecular formula is C29H44BrN3O5. The van der Waals surface area contributed by atoms with Crippen molar-refractivity contribution in [1.29, 1.82) is 0 Å². The van der Waals surface area contributed by atoms with Gasteiger partial charge in [-0.3, -0.25) is 14.4 Å². The maximum Gasteiger partial charge on any atom is 0.248 e. The average Bonchev–Trinajstić information content (AvgIpc) is 3.51. The molecule has 9 heteroatoms. The van der Waals surface area contributed by atoms with Gasteiger partial charge in [0.25, 0.3) is 0 Å². The maximum atomic E-state index is 14.6. The van der Waals surface area contributed by atoms with Crippen molar-refractivity contribution in [2.75, 3.05) is 26.2 Å². The first-order valence-corrected chi connectivity index (χ1v) is 15.3. The second-order valence-electron chi connectivity index (χ2n) is 11.3. The number of hydrogen-bond donors (Lipinski definition) is 1. The quantitative estimate of drug-likeness (QED) is 0.277. The number of aliphatic hydroxyl groups is 1. The smallest absolute Gasteiger partial charge is 0.248 e. The van der Waals surface area contributed by atoms with E-state index in [-0.39, 0.29) is 35.2 Å². The largest absolute Gasteiger partial charge is 0.394 e. The van der Waals surface area contributed by atoms with E-state index in [9.17, 15) is 19.5 Å². The van der Waals surface area contributed by atoms with E-state index in [1.807, 2.05) is 18.7 Å². The SMILES string of the molecule is C=CCN(CCC)C(=O)[C@H]1[C@H]2C(=O)N([C@@H](CC)CO)C(C(=O)N(CC=C)C3CCCCC3)C23CC(Br)[C@@H]1O3. The van der Waals surface area contributed by atoms with Gasteiger partial charge in [-0.15, -0.1) is 13.2 Å². The molecule has 4 fully saturated rings. The number of ether oxygens (including phenoxy) is 1. The van der Waals surface area contributed by atoms with Crippen molar-refractivity contribution >= 4 is 33.7 Å². The first-order chi connectivity index (χ1) is 18.3. The molecule has 1 aliphatic carbocycles. The predicted molar refractivity (Wildman–Crippen MR) is 150 cm³/mol. The van der Waals surface area contributed by atoms with Gasteiger partial charge in [0.15, 0.2) is 0 Å². The Morgan fingerprint density at radius 2 is 1.87 bits per heavy atom. The van der Waals surface area contributed by atoms with E-state index < -0.39 is 35.6 Å². The van der Waals surface area contributed by atoms with Gasteiger partial charge in [-0.2, -0.15) is 0 Å². The first-order valence-electron chi connectivity index (χ1n) is 14.4. The third-order valence-corrected chi connectivity index (χ3v) is 9.95. The Kier molecular flexibility index (Phi) is 9.41. The fourth-order valence-corrected chi connectivity index (χ4v) is 8.41. The van der Waals surface area contributed by atoms with E-state index in [0.29, 0.717) is 32.5 Å². The number of nitrogens with zero attached hydrogens (tertiary/aromatic N) is 3. The fourth-order valence-electron chi connectivity index (χ4n) is 7.47. The van der Waals surface area contributed by atoms with E-state index in [4.69, 9.17) is 4.74 Å². The molecule has 3 heterocycles. The molecule has 3 amide bonds. The van der Waals surface area contributed by atoms with Crippen LogP contribution in [0.5, 0.6) is 0 Å². The summed E-state index contributed by atoms with van der Waals surface area (Å²) in [5.74, 6) is -1.97. The summed E-state index contributed by atoms with van der Waals surface area (Å²) >= 11 is 3.76. The van der Waals surface area contributed by atoms with Gasteiger partial charge >= 0.3 is 0 Å². The number of carbonyl (C=O) groups is 3. The highest BCUT2D eigenvalue weighted by atomic mass is 79.9. The summed E-state index contributed by atoms with van der Waals surface area (Å²) in [5.41, 5.74) is -1.12. The minimum atomic E-state index is -1.12. The Labute approximate surface area is 235 Å². The predicted octanol–water partition coefficient (Wildman–Crippen LogP) is 3.28. The number of rotatable bonds is 12. The summed E-state index contributed by atoms with van der Waals surface area (Å²) in [4.78, 5) is 47.9. The highest BCUT2D eigenvalue weighted by Gasteiger charge is 2.77. The van der Waals surface area contributed by atoms with Gasteiger partial charge < -0.3 is 24.5 Å². The summed E-state index contributed by atoms with van der Waals surface area (Å²) in [6, 6.07) is -1.33. The molecular weight excluding hydrogens is 550 g/mol. The summed E-state index contributed by atoms with van der Waals surface area (Å²) in [7, 11) is 0. The molecule has 8 nitrogen and oxygen atoms in total. The van der Waals surface area contributed by atoms with Crippen LogP contribution in [0.3, 0.4) is 0 Å². The molecule has 212 valence electrons. The lowest BCUT2D eigenvalue weighted by Gasteiger charge is -2.42. The zero-order chi connectivity index (χ0) is 27.6. The van der Waals surface area contributed by atoms with Gasteiger partial charge in [-0.25, -0.2) is 0 Å². The molecule has 4 rings (SSSR count). The number of hydrogen-bond acceptors (Lipinski definition) is 5. The van der Waals surface area contributed by atoms with E-state index in [2.05, 4.69) is 29.1 Å². The second kappa shape index (κ2) is 12.2. The van der Waals surface area contributed by atoms with Crippen molar-refractivity contribution in [3.8, 4) is 0 Å². The van der Waals surface area contributed by atoms with Gasteiger partial charge in [-0.05, 0) is 32.1 Å². The molecule has 7 atom stereocenters. The third-order valence-electron chi connectivity index (χ3n) is 9.10. The summed E-state index contributed by atoms with van der Waals surface area (Å²) in [6.07, 6.45) is 9.85. The lowest BCUT2D eigenvalue weighted by molar-refractivity contribution is -0.153. The van der Waals surface area contributed by atoms with Gasteiger partial charge in [0, 0.05) is 30.5 Å². The number of amides is 3. The Bertz CT molecular complexity index is 920. The standard InChI is InChI=1S/C29H44BrN3O5/c1-5-14-31(15-6-2)26(35)22-23-27(36)33(19(8-4)18-34)25(29(23)17-21(30)24(22)38-29)28(37)32(16-7-3)20-12-10-9-11-13-20/h5,7,19-25,34H,1,3,6,8-18H2,2,4H3/t19-,21?,22-,23-,24-,25?,29?/m0/s1. The van der Waals surface area contributed by atoms with Gasteiger partial charge in [0.2, 0.25) is 17.7 Å². The molecule has 0 aromatic carbocycles. The molecule has 0 radical (unpaired) electrons. The van der Waals surface area contributed by atoms with Gasteiger partial charge in [-0.1, -0.05) is 61.2 Å². The van der Waals surface area contributed by atoms with Crippen molar-refractivity contribution < 1.29 is 24.2 Å². The topological polar surface area (TPSA) is 90.4 Å². The van der Waals surface area contributed by atoms with Crippen LogP contribution >= 0.6 is 15.9 Å². The second-order valence-corrected chi connectivity index (χ2v) is 12.5. The molecule has 38 heavy (non-hydrogen) atoms. The van der Waals surface area contributed by atoms with Crippen molar-refractivity contribution in [2.24, 2.45) is 11.8 Å². The summed E-state index contributed by atoms with van der Waals surface area (Å²) in [6.45, 7) is 12.7. The molecule has 1 spiro atoms. The Hall–Kier alpha value is -1.71. The number of fused-ring (bicyclic) bond motifs is 1. The fraction of sp³-hybridized carbons (Fsp3) is 0.759. The Morgan fingerprint density at radius 1 is 1.18 bits per heavy atom. The molecule has 2 bridgehead atoms. The van der Waals surface area contributed by atoms with Crippen molar-refractivity contribution in [2.45, 2.75) is 99.9 Å². The number of alkyl halides is 1. The van der Waals surface area contributed by atoms with Crippen molar-refractivity contribution in [3.63, 3.8) is 0 Å². The van der Waals surface area contributed by atoms with E-state index >= 15 is 0 Å². The molecule has 4 aliphatic rings. The molecule has 1 saturated carbocycles. The number of carbonyl (C=O) groups excluding carboxylic acids is 3. The minimum Gasteiger partial charge on any atom is -0.394 e. The van der Waals surface area contributed by atoms with Crippen LogP contribution in [-0.4, -0.2) is 98.4 Å². The molecule has 3 unspecified atom stereocenters. The van der Waals surface area contributed by atoms with Crippen molar-refractivity contribution in [3.05, 3.63) is 25.3 Å². The Morgan fingerprint density at radius 3 is 2.45 bits per heavy atom. The third kappa shape index (κ3) is 4.77. The van der Waals surface area contributed by atoms with Crippen LogP contribution in [0.25, 0.3) is 0 Å². The average molecular weight is 595 g/mol. The van der Waals surface area contributed by atoms with Crippen LogP contribution in [0.15, 0.2) is 25.3 Å². The van der Waals surface area contributed by atoms with Crippen LogP contribution in [0.4, 0.5) is 0 Å². The molecule has 3 aliphatic heterocycles. The van der Waals surface area contributed by atoms with Crippen LogP contribution < -0.4 is 0 Å². The van der Waals surface area contributed by atoms with E-state index in [0.717, 1.165) is 38.5 Å². The zero-order valence-electron chi connectivity index (χ0n) is 22.9. The number of halogens is 1. The summed E-state index contributed by atoms with van der Waals surface area (Å²) in [5, 5.41) is 10.3. The highest BCUT2D eigenvalue weighted by molar-refractivity contribution is 9.09. The van der Waals surface area contributed by atoms with Crippen LogP contribution in [0.2, 0.25) is 0 Å². The molecule has 3 saturated heterocycles. The van der Waals surface area contributed by atoms with Crippen LogP contribution in [0.1, 0.15) is 65.2 Å². The molecule has 0 aromatic heterocycles. The zero-order valence-corrected chi connectivity index (χ0v) is 24.5. The first kappa shape index (κ1) is 29.3. The highest BCUT2D eigenvalue weighted by Crippen LogP contribution is 2.61. The maximum absolute atomic E-state index is 14.6. The summed E-state index contributed by atoms with van der Waals surface area (Å²) < 4.78 is 6.69. The molecule has 0 aromatic rings. The van der Waals surface area contributed by atoms with E-state index in [1.54, 1.807) is 22.0 Å². The Balaban J connectivity index is 1.78. The number of likely N-dealkylation sites (tertiary alicyclic amines) is 1. The van der Waals surface area contributed by atoms with Crippen molar-refractivity contribution in [1.82, 2.24) is 14.7 Å². The van der Waals surface area contributed by atoms with E-state index in [1.165, 1.54) is 0 Å². The monoisotopic (exact) mass is 593 g/mol.